The molecular weight excluding hydrogens is 384 g/mol. The second-order valence-corrected chi connectivity index (χ2v) is 6.88. The predicted octanol–water partition coefficient (Wildman–Crippen LogP) is 2.50. The number of nitrogens with zero attached hydrogens (tertiary/aromatic N) is 1. The average Bonchev–Trinajstić information content (AvgIpc) is 2.77. The molecule has 8 heteroatoms. The third-order valence-electron chi connectivity index (χ3n) is 5.03. The number of carbonyl (C=O) groups is 1. The van der Waals surface area contributed by atoms with Crippen molar-refractivity contribution < 1.29 is 19.0 Å². The van der Waals surface area contributed by atoms with Crippen molar-refractivity contribution in [3.8, 4) is 17.2 Å². The van der Waals surface area contributed by atoms with E-state index in [4.69, 9.17) is 14.2 Å². The number of benzene rings is 2. The summed E-state index contributed by atoms with van der Waals surface area (Å²) in [5, 5.41) is 9.53. The maximum atomic E-state index is 12.0. The SMILES string of the molecule is CN=C(NCc1cc(OC)c(OC)c(OC)c1)NCC1CC(=O)Nc2ccccc21. The molecule has 2 aromatic rings. The van der Waals surface area contributed by atoms with Crippen LogP contribution >= 0.6 is 0 Å². The molecule has 0 spiro atoms. The van der Waals surface area contributed by atoms with Gasteiger partial charge in [0.25, 0.3) is 0 Å². The van der Waals surface area contributed by atoms with Crippen LogP contribution in [0.25, 0.3) is 0 Å². The number of carbonyl (C=O) groups excluding carboxylic acids is 1. The zero-order chi connectivity index (χ0) is 21.5. The molecule has 0 aliphatic carbocycles. The predicted molar refractivity (Wildman–Crippen MR) is 117 cm³/mol. The summed E-state index contributed by atoms with van der Waals surface area (Å²) in [4.78, 5) is 16.3. The molecule has 1 aliphatic rings. The lowest BCUT2D eigenvalue weighted by Crippen LogP contribution is -2.40. The van der Waals surface area contributed by atoms with Crippen LogP contribution in [0.5, 0.6) is 17.2 Å². The summed E-state index contributed by atoms with van der Waals surface area (Å²) in [5.41, 5.74) is 2.96. The molecule has 1 unspecified atom stereocenters. The molecule has 0 aromatic heterocycles. The molecule has 160 valence electrons. The van der Waals surface area contributed by atoms with Gasteiger partial charge >= 0.3 is 0 Å². The van der Waals surface area contributed by atoms with Crippen molar-refractivity contribution in [3.05, 3.63) is 47.5 Å². The number of hydrogen-bond donors (Lipinski definition) is 3. The van der Waals surface area contributed by atoms with Crippen molar-refractivity contribution in [2.45, 2.75) is 18.9 Å². The maximum absolute atomic E-state index is 12.0. The minimum atomic E-state index is 0.0286. The first-order chi connectivity index (χ1) is 14.6. The number of methoxy groups -OCH3 is 3. The molecule has 0 radical (unpaired) electrons. The minimum absolute atomic E-state index is 0.0286. The van der Waals surface area contributed by atoms with Gasteiger partial charge < -0.3 is 30.2 Å². The van der Waals surface area contributed by atoms with Crippen LogP contribution in [0.4, 0.5) is 5.69 Å². The Balaban J connectivity index is 1.64. The second kappa shape index (κ2) is 9.87. The lowest BCUT2D eigenvalue weighted by atomic mass is 9.90. The minimum Gasteiger partial charge on any atom is -0.493 e. The Morgan fingerprint density at radius 1 is 1.10 bits per heavy atom. The maximum Gasteiger partial charge on any atom is 0.225 e. The Hall–Kier alpha value is -3.42. The molecule has 1 atom stereocenters. The summed E-state index contributed by atoms with van der Waals surface area (Å²) >= 11 is 0. The number of amides is 1. The fraction of sp³-hybridized carbons (Fsp3) is 0.364. The van der Waals surface area contributed by atoms with Gasteiger partial charge in [-0.2, -0.15) is 0 Å². The molecule has 2 aromatic carbocycles. The van der Waals surface area contributed by atoms with Gasteiger partial charge in [0.1, 0.15) is 0 Å². The number of para-hydroxylation sites is 1. The number of nitrogens with one attached hydrogen (secondary N) is 3. The summed E-state index contributed by atoms with van der Waals surface area (Å²) in [7, 11) is 6.47. The van der Waals surface area contributed by atoms with Crippen molar-refractivity contribution in [2.24, 2.45) is 4.99 Å². The van der Waals surface area contributed by atoms with Crippen molar-refractivity contribution in [2.75, 3.05) is 40.2 Å². The van der Waals surface area contributed by atoms with Gasteiger partial charge in [-0.05, 0) is 29.3 Å². The zero-order valence-corrected chi connectivity index (χ0v) is 17.7. The van der Waals surface area contributed by atoms with Gasteiger partial charge in [0.15, 0.2) is 17.5 Å². The Bertz CT molecular complexity index is 904. The van der Waals surface area contributed by atoms with Crippen LogP contribution in [0.15, 0.2) is 41.4 Å². The second-order valence-electron chi connectivity index (χ2n) is 6.88. The van der Waals surface area contributed by atoms with Crippen LogP contribution in [0.3, 0.4) is 0 Å². The van der Waals surface area contributed by atoms with E-state index in [2.05, 4.69) is 20.9 Å². The Kier molecular flexibility index (Phi) is 7.00. The van der Waals surface area contributed by atoms with Crippen LogP contribution in [-0.2, 0) is 11.3 Å². The summed E-state index contributed by atoms with van der Waals surface area (Å²) in [6.07, 6.45) is 0.438. The molecule has 0 bridgehead atoms. The first-order valence-corrected chi connectivity index (χ1v) is 9.71. The first kappa shape index (κ1) is 21.3. The summed E-state index contributed by atoms with van der Waals surface area (Å²) in [6.45, 7) is 1.11. The standard InChI is InChI=1S/C22H28N4O4/c1-23-22(24-12-14-9-18(28-2)21(30-4)19(10-14)29-3)25-13-15-11-20(27)26-17-8-6-5-7-16(15)17/h5-10,15H,11-13H2,1-4H3,(H,26,27)(H2,23,24,25). The van der Waals surface area contributed by atoms with E-state index in [0.717, 1.165) is 16.8 Å². The molecule has 1 amide bonds. The van der Waals surface area contributed by atoms with Crippen LogP contribution < -0.4 is 30.2 Å². The van der Waals surface area contributed by atoms with Crippen LogP contribution in [0.1, 0.15) is 23.5 Å². The van der Waals surface area contributed by atoms with Gasteiger partial charge in [-0.25, -0.2) is 0 Å². The van der Waals surface area contributed by atoms with Gasteiger partial charge in [-0.1, -0.05) is 18.2 Å². The molecule has 0 saturated heterocycles. The molecular formula is C22H28N4O4. The monoisotopic (exact) mass is 412 g/mol. The van der Waals surface area contributed by atoms with Crippen LogP contribution in [0, 0.1) is 0 Å². The lowest BCUT2D eigenvalue weighted by molar-refractivity contribution is -0.116. The number of fused-ring (bicyclic) bond motifs is 1. The molecule has 0 saturated carbocycles. The zero-order valence-electron chi connectivity index (χ0n) is 17.7. The van der Waals surface area contributed by atoms with Crippen molar-refractivity contribution in [1.82, 2.24) is 10.6 Å². The molecule has 8 nitrogen and oxygen atoms in total. The average molecular weight is 412 g/mol. The van der Waals surface area contributed by atoms with Crippen LogP contribution in [-0.4, -0.2) is 46.8 Å². The van der Waals surface area contributed by atoms with Gasteiger partial charge in [0.05, 0.1) is 21.3 Å². The number of hydrogen-bond acceptors (Lipinski definition) is 5. The van der Waals surface area contributed by atoms with E-state index in [9.17, 15) is 4.79 Å². The Labute approximate surface area is 176 Å². The highest BCUT2D eigenvalue weighted by atomic mass is 16.5. The van der Waals surface area contributed by atoms with Gasteiger partial charge in [-0.3, -0.25) is 9.79 Å². The Morgan fingerprint density at radius 2 is 1.80 bits per heavy atom. The largest absolute Gasteiger partial charge is 0.493 e. The van der Waals surface area contributed by atoms with E-state index < -0.39 is 0 Å². The van der Waals surface area contributed by atoms with E-state index in [1.54, 1.807) is 28.4 Å². The highest BCUT2D eigenvalue weighted by Gasteiger charge is 2.24. The quantitative estimate of drug-likeness (QED) is 0.478. The summed E-state index contributed by atoms with van der Waals surface area (Å²) < 4.78 is 16.2. The van der Waals surface area contributed by atoms with Gasteiger partial charge in [0.2, 0.25) is 11.7 Å². The molecule has 3 N–H and O–H groups in total. The normalized spacial score (nSPS) is 15.7. The molecule has 0 fully saturated rings. The number of aliphatic imine (C=N–C) groups is 1. The van der Waals surface area contributed by atoms with E-state index in [1.165, 1.54) is 0 Å². The molecule has 3 rings (SSSR count). The molecule has 30 heavy (non-hydrogen) atoms. The van der Waals surface area contributed by atoms with Crippen molar-refractivity contribution in [3.63, 3.8) is 0 Å². The smallest absolute Gasteiger partial charge is 0.225 e. The van der Waals surface area contributed by atoms with Crippen molar-refractivity contribution in [1.29, 1.82) is 0 Å². The van der Waals surface area contributed by atoms with E-state index in [1.807, 2.05) is 36.4 Å². The summed E-state index contributed by atoms with van der Waals surface area (Å²) in [6, 6.07) is 11.7. The molecule has 1 aliphatic heterocycles. The Morgan fingerprint density at radius 3 is 2.43 bits per heavy atom. The van der Waals surface area contributed by atoms with Gasteiger partial charge in [0, 0.05) is 38.2 Å². The van der Waals surface area contributed by atoms with Crippen LogP contribution in [0.2, 0.25) is 0 Å². The van der Waals surface area contributed by atoms with Gasteiger partial charge in [-0.15, -0.1) is 0 Å². The first-order valence-electron chi connectivity index (χ1n) is 9.71. The fourth-order valence-corrected chi connectivity index (χ4v) is 3.55. The fourth-order valence-electron chi connectivity index (χ4n) is 3.55. The van der Waals surface area contributed by atoms with E-state index >= 15 is 0 Å². The molecule has 1 heterocycles. The number of rotatable bonds is 7. The van der Waals surface area contributed by atoms with E-state index in [0.29, 0.717) is 42.7 Å². The van der Waals surface area contributed by atoms with Crippen molar-refractivity contribution >= 4 is 17.6 Å². The third-order valence-corrected chi connectivity index (χ3v) is 5.03. The highest BCUT2D eigenvalue weighted by Crippen LogP contribution is 2.38. The lowest BCUT2D eigenvalue weighted by Gasteiger charge is -2.26. The number of ether oxygens (including phenoxy) is 3. The third kappa shape index (κ3) is 4.76. The number of guanidine groups is 1. The van der Waals surface area contributed by atoms with E-state index in [-0.39, 0.29) is 11.8 Å². The topological polar surface area (TPSA) is 93.2 Å². The summed E-state index contributed by atoms with van der Waals surface area (Å²) in [5.74, 6) is 2.51. The number of anilines is 1. The highest BCUT2D eigenvalue weighted by molar-refractivity contribution is 5.94.